The van der Waals surface area contributed by atoms with Crippen molar-refractivity contribution < 1.29 is 9.18 Å². The van der Waals surface area contributed by atoms with Gasteiger partial charge in [-0.2, -0.15) is 0 Å². The fraction of sp³-hybridized carbons (Fsp3) is 0.412. The topological polar surface area (TPSA) is 42.0 Å². The number of amides is 1. The first kappa shape index (κ1) is 15.2. The van der Waals surface area contributed by atoms with E-state index in [0.29, 0.717) is 5.56 Å². The predicted octanol–water partition coefficient (Wildman–Crippen LogP) is 3.58. The summed E-state index contributed by atoms with van der Waals surface area (Å²) in [5, 5.41) is 6.01. The quantitative estimate of drug-likeness (QED) is 0.915. The maximum Gasteiger partial charge on any atom is 0.226 e. The minimum atomic E-state index is -0.536. The zero-order chi connectivity index (χ0) is 15.6. The standard InChI is InChI=1S/C17H19FN2OS/c1-2-16-19-12(11-22-16)10-15(21)20-17(8-5-9-17)13-6-3-4-7-14(13)18/h3-4,6-7,11H,2,5,8-10H2,1H3,(H,20,21). The highest BCUT2D eigenvalue weighted by molar-refractivity contribution is 7.09. The minimum Gasteiger partial charge on any atom is -0.346 e. The third-order valence-corrected chi connectivity index (χ3v) is 5.26. The van der Waals surface area contributed by atoms with Gasteiger partial charge in [-0.25, -0.2) is 9.37 Å². The van der Waals surface area contributed by atoms with E-state index in [1.807, 2.05) is 18.4 Å². The molecule has 0 aliphatic heterocycles. The van der Waals surface area contributed by atoms with Crippen LogP contribution in [-0.4, -0.2) is 10.9 Å². The lowest BCUT2D eigenvalue weighted by Gasteiger charge is -2.43. The molecule has 0 radical (unpaired) electrons. The van der Waals surface area contributed by atoms with Crippen LogP contribution in [0.25, 0.3) is 0 Å². The van der Waals surface area contributed by atoms with Crippen molar-refractivity contribution >= 4 is 17.2 Å². The van der Waals surface area contributed by atoms with Gasteiger partial charge in [-0.3, -0.25) is 4.79 Å². The monoisotopic (exact) mass is 318 g/mol. The Morgan fingerprint density at radius 2 is 2.18 bits per heavy atom. The molecule has 1 aromatic carbocycles. The van der Waals surface area contributed by atoms with Crippen molar-refractivity contribution in [1.29, 1.82) is 0 Å². The van der Waals surface area contributed by atoms with Crippen molar-refractivity contribution in [2.24, 2.45) is 0 Å². The van der Waals surface area contributed by atoms with E-state index in [1.165, 1.54) is 6.07 Å². The predicted molar refractivity (Wildman–Crippen MR) is 85.3 cm³/mol. The Balaban J connectivity index is 1.72. The van der Waals surface area contributed by atoms with E-state index < -0.39 is 5.54 Å². The normalized spacial score (nSPS) is 16.1. The summed E-state index contributed by atoms with van der Waals surface area (Å²) in [6, 6.07) is 6.72. The fourth-order valence-corrected chi connectivity index (χ4v) is 3.65. The first-order valence-electron chi connectivity index (χ1n) is 7.62. The number of nitrogens with zero attached hydrogens (tertiary/aromatic N) is 1. The lowest BCUT2D eigenvalue weighted by Crippen LogP contribution is -2.51. The number of halogens is 1. The van der Waals surface area contributed by atoms with E-state index in [2.05, 4.69) is 10.3 Å². The second kappa shape index (κ2) is 6.16. The Bertz CT molecular complexity index is 679. The zero-order valence-corrected chi connectivity index (χ0v) is 13.4. The lowest BCUT2D eigenvalue weighted by molar-refractivity contribution is -0.123. The van der Waals surface area contributed by atoms with Crippen LogP contribution in [0.2, 0.25) is 0 Å². The summed E-state index contributed by atoms with van der Waals surface area (Å²) in [5.41, 5.74) is 0.857. The van der Waals surface area contributed by atoms with Crippen molar-refractivity contribution in [1.82, 2.24) is 10.3 Å². The molecule has 0 unspecified atom stereocenters. The summed E-state index contributed by atoms with van der Waals surface area (Å²) in [7, 11) is 0. The summed E-state index contributed by atoms with van der Waals surface area (Å²) in [6.07, 6.45) is 3.72. The van der Waals surface area contributed by atoms with E-state index in [9.17, 15) is 9.18 Å². The van der Waals surface area contributed by atoms with Crippen LogP contribution in [0.15, 0.2) is 29.6 Å². The molecule has 1 saturated carbocycles. The number of hydrogen-bond acceptors (Lipinski definition) is 3. The summed E-state index contributed by atoms with van der Waals surface area (Å²) >= 11 is 1.58. The molecule has 1 amide bonds. The van der Waals surface area contributed by atoms with Gasteiger partial charge in [0, 0.05) is 10.9 Å². The smallest absolute Gasteiger partial charge is 0.226 e. The first-order chi connectivity index (χ1) is 10.6. The Hall–Kier alpha value is -1.75. The van der Waals surface area contributed by atoms with Crippen LogP contribution < -0.4 is 5.32 Å². The molecule has 22 heavy (non-hydrogen) atoms. The van der Waals surface area contributed by atoms with Crippen LogP contribution in [0.3, 0.4) is 0 Å². The average molecular weight is 318 g/mol. The van der Waals surface area contributed by atoms with E-state index in [4.69, 9.17) is 0 Å². The highest BCUT2D eigenvalue weighted by atomic mass is 32.1. The molecule has 0 saturated heterocycles. The highest BCUT2D eigenvalue weighted by Crippen LogP contribution is 2.42. The molecule has 0 atom stereocenters. The van der Waals surface area contributed by atoms with Gasteiger partial charge in [0.2, 0.25) is 5.91 Å². The average Bonchev–Trinajstić information content (AvgIpc) is 2.91. The number of carbonyl (C=O) groups excluding carboxylic acids is 1. The summed E-state index contributed by atoms with van der Waals surface area (Å²) < 4.78 is 14.1. The van der Waals surface area contributed by atoms with Gasteiger partial charge in [0.1, 0.15) is 5.82 Å². The van der Waals surface area contributed by atoms with Gasteiger partial charge < -0.3 is 5.32 Å². The fourth-order valence-electron chi connectivity index (χ4n) is 2.91. The van der Waals surface area contributed by atoms with Gasteiger partial charge in [-0.1, -0.05) is 25.1 Å². The molecule has 1 N–H and O–H groups in total. The van der Waals surface area contributed by atoms with Crippen LogP contribution in [-0.2, 0) is 23.2 Å². The Morgan fingerprint density at radius 1 is 1.41 bits per heavy atom. The van der Waals surface area contributed by atoms with Crippen LogP contribution >= 0.6 is 11.3 Å². The molecule has 116 valence electrons. The lowest BCUT2D eigenvalue weighted by atomic mass is 9.71. The van der Waals surface area contributed by atoms with E-state index in [-0.39, 0.29) is 18.1 Å². The SMILES string of the molecule is CCc1nc(CC(=O)NC2(c3ccccc3F)CCC2)cs1. The molecule has 5 heteroatoms. The van der Waals surface area contributed by atoms with Crippen molar-refractivity contribution in [2.45, 2.75) is 44.6 Å². The van der Waals surface area contributed by atoms with Crippen molar-refractivity contribution in [3.63, 3.8) is 0 Å². The van der Waals surface area contributed by atoms with Crippen LogP contribution in [0.1, 0.15) is 42.5 Å². The van der Waals surface area contributed by atoms with Gasteiger partial charge >= 0.3 is 0 Å². The van der Waals surface area contributed by atoms with E-state index in [0.717, 1.165) is 36.4 Å². The van der Waals surface area contributed by atoms with E-state index >= 15 is 0 Å². The number of thiazole rings is 1. The molecule has 1 fully saturated rings. The van der Waals surface area contributed by atoms with Gasteiger partial charge in [0.25, 0.3) is 0 Å². The molecule has 1 aliphatic rings. The Labute approximate surface area is 133 Å². The van der Waals surface area contributed by atoms with Gasteiger partial charge in [-0.15, -0.1) is 11.3 Å². The van der Waals surface area contributed by atoms with Gasteiger partial charge in [-0.05, 0) is 31.7 Å². The first-order valence-corrected chi connectivity index (χ1v) is 8.50. The van der Waals surface area contributed by atoms with Crippen LogP contribution in [0, 0.1) is 5.82 Å². The molecule has 3 rings (SSSR count). The molecule has 1 aliphatic carbocycles. The van der Waals surface area contributed by atoms with Crippen LogP contribution in [0.5, 0.6) is 0 Å². The number of carbonyl (C=O) groups is 1. The molecule has 3 nitrogen and oxygen atoms in total. The minimum absolute atomic E-state index is 0.0871. The zero-order valence-electron chi connectivity index (χ0n) is 12.6. The largest absolute Gasteiger partial charge is 0.346 e. The van der Waals surface area contributed by atoms with Gasteiger partial charge in [0.15, 0.2) is 0 Å². The molecule has 1 heterocycles. The van der Waals surface area contributed by atoms with Crippen molar-refractivity contribution in [2.75, 3.05) is 0 Å². The Kier molecular flexibility index (Phi) is 4.25. The second-order valence-electron chi connectivity index (χ2n) is 5.73. The third kappa shape index (κ3) is 2.90. The van der Waals surface area contributed by atoms with Crippen LogP contribution in [0.4, 0.5) is 4.39 Å². The molecule has 2 aromatic rings. The number of benzene rings is 1. The molecular formula is C17H19FN2OS. The number of rotatable bonds is 5. The Morgan fingerprint density at radius 3 is 2.77 bits per heavy atom. The molecule has 0 bridgehead atoms. The van der Waals surface area contributed by atoms with Gasteiger partial charge in [0.05, 0.1) is 22.7 Å². The highest BCUT2D eigenvalue weighted by Gasteiger charge is 2.41. The summed E-state index contributed by atoms with van der Waals surface area (Å²) in [5.74, 6) is -0.333. The number of nitrogens with one attached hydrogen (secondary N) is 1. The van der Waals surface area contributed by atoms with Crippen molar-refractivity contribution in [3.8, 4) is 0 Å². The third-order valence-electron chi connectivity index (χ3n) is 4.22. The maximum absolute atomic E-state index is 14.1. The molecule has 1 aromatic heterocycles. The number of aromatic nitrogens is 1. The molecular weight excluding hydrogens is 299 g/mol. The molecule has 0 spiro atoms. The van der Waals surface area contributed by atoms with Crippen molar-refractivity contribution in [3.05, 3.63) is 51.7 Å². The van der Waals surface area contributed by atoms with E-state index in [1.54, 1.807) is 23.5 Å². The summed E-state index contributed by atoms with van der Waals surface area (Å²) in [4.78, 5) is 16.8. The second-order valence-corrected chi connectivity index (χ2v) is 6.67. The number of hydrogen-bond donors (Lipinski definition) is 1. The number of aryl methyl sites for hydroxylation is 1. The summed E-state index contributed by atoms with van der Waals surface area (Å²) in [6.45, 7) is 2.05. The maximum atomic E-state index is 14.1.